The van der Waals surface area contributed by atoms with Crippen LogP contribution >= 0.6 is 11.3 Å². The molecule has 5 rings (SSSR count). The van der Waals surface area contributed by atoms with Crippen LogP contribution in [0.1, 0.15) is 50.4 Å². The maximum Gasteiger partial charge on any atom is 0.301 e. The number of rotatable bonds is 5. The van der Waals surface area contributed by atoms with Crippen molar-refractivity contribution in [3.63, 3.8) is 0 Å². The minimum Gasteiger partial charge on any atom is -0.507 e. The number of aliphatic hydroxyl groups is 1. The molecule has 1 amide bonds. The van der Waals surface area contributed by atoms with Crippen molar-refractivity contribution < 1.29 is 23.8 Å². The molecular formula is C30H27FN2O4S. The number of hydrogen-bond donors (Lipinski definition) is 1. The third-order valence-corrected chi connectivity index (χ3v) is 7.54. The number of halogens is 1. The molecule has 0 saturated carbocycles. The Balaban J connectivity index is 1.69. The van der Waals surface area contributed by atoms with Crippen molar-refractivity contribution in [1.82, 2.24) is 4.98 Å². The van der Waals surface area contributed by atoms with E-state index < -0.39 is 23.5 Å². The number of carbonyl (C=O) groups excluding carboxylic acids is 2. The average molecular weight is 531 g/mol. The number of Topliss-reactive ketones (excluding diaryl/α,β-unsaturated/α-hetero) is 1. The van der Waals surface area contributed by atoms with E-state index in [1.807, 2.05) is 43.3 Å². The number of ether oxygens (including phenoxy) is 1. The van der Waals surface area contributed by atoms with Gasteiger partial charge in [0.1, 0.15) is 17.3 Å². The van der Waals surface area contributed by atoms with Gasteiger partial charge in [0, 0.05) is 5.56 Å². The normalized spacial score (nSPS) is 17.4. The minimum absolute atomic E-state index is 0.0700. The smallest absolute Gasteiger partial charge is 0.301 e. The van der Waals surface area contributed by atoms with Gasteiger partial charge in [-0.25, -0.2) is 9.37 Å². The van der Waals surface area contributed by atoms with Crippen LogP contribution in [0.5, 0.6) is 5.75 Å². The summed E-state index contributed by atoms with van der Waals surface area (Å²) in [7, 11) is 0. The van der Waals surface area contributed by atoms with E-state index in [0.29, 0.717) is 28.6 Å². The lowest BCUT2D eigenvalue weighted by molar-refractivity contribution is -0.132. The number of anilines is 1. The molecule has 0 radical (unpaired) electrons. The van der Waals surface area contributed by atoms with Crippen LogP contribution in [-0.2, 0) is 15.0 Å². The zero-order valence-electron chi connectivity index (χ0n) is 21.5. The number of carbonyl (C=O) groups is 2. The lowest BCUT2D eigenvalue weighted by atomic mass is 9.85. The van der Waals surface area contributed by atoms with Crippen LogP contribution in [0.2, 0.25) is 0 Å². The Morgan fingerprint density at radius 2 is 1.74 bits per heavy atom. The summed E-state index contributed by atoms with van der Waals surface area (Å²) in [5, 5.41) is 11.6. The lowest BCUT2D eigenvalue weighted by Crippen LogP contribution is -2.29. The zero-order chi connectivity index (χ0) is 27.2. The highest BCUT2D eigenvalue weighted by Crippen LogP contribution is 2.45. The first kappa shape index (κ1) is 25.6. The van der Waals surface area contributed by atoms with Crippen LogP contribution in [-0.4, -0.2) is 28.4 Å². The highest BCUT2D eigenvalue weighted by Gasteiger charge is 2.48. The Morgan fingerprint density at radius 1 is 1.05 bits per heavy atom. The third kappa shape index (κ3) is 4.56. The number of hydrogen-bond acceptors (Lipinski definition) is 6. The Labute approximate surface area is 224 Å². The van der Waals surface area contributed by atoms with Crippen LogP contribution in [0.4, 0.5) is 9.52 Å². The van der Waals surface area contributed by atoms with Gasteiger partial charge in [-0.3, -0.25) is 14.5 Å². The molecule has 1 fully saturated rings. The van der Waals surface area contributed by atoms with E-state index >= 15 is 0 Å². The van der Waals surface area contributed by atoms with E-state index in [0.717, 1.165) is 10.3 Å². The second-order valence-electron chi connectivity index (χ2n) is 10.1. The van der Waals surface area contributed by atoms with Crippen molar-refractivity contribution in [2.24, 2.45) is 0 Å². The molecule has 1 aliphatic heterocycles. The van der Waals surface area contributed by atoms with Crippen LogP contribution in [0.25, 0.3) is 16.0 Å². The summed E-state index contributed by atoms with van der Waals surface area (Å²) < 4.78 is 20.0. The first-order chi connectivity index (χ1) is 18.1. The summed E-state index contributed by atoms with van der Waals surface area (Å²) in [6.45, 7) is 8.70. The molecule has 0 bridgehead atoms. The van der Waals surface area contributed by atoms with Crippen LogP contribution in [0.3, 0.4) is 0 Å². The fourth-order valence-electron chi connectivity index (χ4n) is 4.53. The number of aromatic nitrogens is 1. The lowest BCUT2D eigenvalue weighted by Gasteiger charge is -2.24. The molecule has 3 aromatic carbocycles. The highest BCUT2D eigenvalue weighted by atomic mass is 32.1. The Morgan fingerprint density at radius 3 is 2.37 bits per heavy atom. The van der Waals surface area contributed by atoms with Gasteiger partial charge < -0.3 is 9.84 Å². The third-order valence-electron chi connectivity index (χ3n) is 6.52. The maximum atomic E-state index is 13.6. The summed E-state index contributed by atoms with van der Waals surface area (Å²) in [6, 6.07) is 17.3. The van der Waals surface area contributed by atoms with E-state index in [1.165, 1.54) is 40.5 Å². The molecule has 0 aliphatic carbocycles. The number of thiazole rings is 1. The van der Waals surface area contributed by atoms with E-state index in [-0.39, 0.29) is 22.3 Å². The molecular weight excluding hydrogens is 503 g/mol. The predicted octanol–water partition coefficient (Wildman–Crippen LogP) is 6.76. The molecule has 6 nitrogen and oxygen atoms in total. The molecule has 1 saturated heterocycles. The number of ketones is 1. The number of nitrogens with zero attached hydrogens (tertiary/aromatic N) is 2. The zero-order valence-corrected chi connectivity index (χ0v) is 22.3. The fraction of sp³-hybridized carbons (Fsp3) is 0.233. The largest absolute Gasteiger partial charge is 0.507 e. The average Bonchev–Trinajstić information content (AvgIpc) is 3.41. The molecule has 0 spiro atoms. The predicted molar refractivity (Wildman–Crippen MR) is 147 cm³/mol. The van der Waals surface area contributed by atoms with Gasteiger partial charge in [-0.05, 0) is 65.9 Å². The van der Waals surface area contributed by atoms with E-state index in [2.05, 4.69) is 25.8 Å². The Bertz CT molecular complexity index is 1570. The van der Waals surface area contributed by atoms with E-state index in [4.69, 9.17) is 4.74 Å². The standard InChI is InChI=1S/C30H27FN2O4S/c1-5-37-21-14-15-22-23(16-21)38-29(32-22)33-25(17-6-10-19(11-7-17)30(2,3)4)24(27(35)28(33)36)26(34)18-8-12-20(31)13-9-18/h6-16,25,34H,5H2,1-4H3/b26-24+/t25-/m1/s1. The molecule has 1 aliphatic rings. The molecule has 1 aromatic heterocycles. The van der Waals surface area contributed by atoms with Crippen LogP contribution in [0.15, 0.2) is 72.3 Å². The number of amides is 1. The van der Waals surface area contributed by atoms with Crippen molar-refractivity contribution in [3.8, 4) is 5.75 Å². The van der Waals surface area contributed by atoms with Gasteiger partial charge in [0.25, 0.3) is 5.78 Å². The summed E-state index contributed by atoms with van der Waals surface area (Å²) in [6.07, 6.45) is 0. The molecule has 1 N–H and O–H groups in total. The summed E-state index contributed by atoms with van der Waals surface area (Å²) >= 11 is 1.27. The second-order valence-corrected chi connectivity index (χ2v) is 11.1. The minimum atomic E-state index is -0.916. The Hall–Kier alpha value is -4.04. The molecule has 4 aromatic rings. The number of aliphatic hydroxyl groups excluding tert-OH is 1. The fourth-order valence-corrected chi connectivity index (χ4v) is 5.55. The first-order valence-electron chi connectivity index (χ1n) is 12.3. The monoisotopic (exact) mass is 530 g/mol. The van der Waals surface area contributed by atoms with Crippen molar-refractivity contribution in [2.75, 3.05) is 11.5 Å². The maximum absolute atomic E-state index is 13.6. The summed E-state index contributed by atoms with van der Waals surface area (Å²) in [4.78, 5) is 32.9. The van der Waals surface area contributed by atoms with Crippen molar-refractivity contribution in [2.45, 2.75) is 39.2 Å². The van der Waals surface area contributed by atoms with Gasteiger partial charge in [-0.1, -0.05) is 56.4 Å². The van der Waals surface area contributed by atoms with Gasteiger partial charge >= 0.3 is 5.91 Å². The van der Waals surface area contributed by atoms with Gasteiger partial charge in [0.05, 0.1) is 28.4 Å². The highest BCUT2D eigenvalue weighted by molar-refractivity contribution is 7.22. The second kappa shape index (κ2) is 9.68. The number of benzene rings is 3. The van der Waals surface area contributed by atoms with Gasteiger partial charge in [-0.2, -0.15) is 0 Å². The van der Waals surface area contributed by atoms with E-state index in [1.54, 1.807) is 6.07 Å². The van der Waals surface area contributed by atoms with E-state index in [9.17, 15) is 19.1 Å². The summed E-state index contributed by atoms with van der Waals surface area (Å²) in [5.41, 5.74) is 2.47. The van der Waals surface area contributed by atoms with Gasteiger partial charge in [0.2, 0.25) is 0 Å². The molecule has 0 unspecified atom stereocenters. The Kier molecular flexibility index (Phi) is 6.53. The van der Waals surface area contributed by atoms with Crippen molar-refractivity contribution >= 4 is 44.1 Å². The van der Waals surface area contributed by atoms with Gasteiger partial charge in [-0.15, -0.1) is 0 Å². The molecule has 1 atom stereocenters. The summed E-state index contributed by atoms with van der Waals surface area (Å²) in [5.74, 6) is -1.77. The first-order valence-corrected chi connectivity index (χ1v) is 13.1. The molecule has 2 heterocycles. The topological polar surface area (TPSA) is 79.7 Å². The number of fused-ring (bicyclic) bond motifs is 1. The van der Waals surface area contributed by atoms with Crippen LogP contribution < -0.4 is 9.64 Å². The quantitative estimate of drug-likeness (QED) is 0.175. The molecule has 8 heteroatoms. The van der Waals surface area contributed by atoms with Crippen molar-refractivity contribution in [1.29, 1.82) is 0 Å². The van der Waals surface area contributed by atoms with Gasteiger partial charge in [0.15, 0.2) is 5.13 Å². The molecule has 194 valence electrons. The van der Waals surface area contributed by atoms with Crippen molar-refractivity contribution in [3.05, 3.63) is 94.8 Å². The van der Waals surface area contributed by atoms with Crippen LogP contribution in [0, 0.1) is 5.82 Å². The SMILES string of the molecule is CCOc1ccc2nc(N3C(=O)C(=O)/C(=C(/O)c4ccc(F)cc4)[C@H]3c3ccc(C(C)(C)C)cc3)sc2c1. The molecule has 38 heavy (non-hydrogen) atoms.